The lowest BCUT2D eigenvalue weighted by atomic mass is 10.0. The Balaban J connectivity index is 0. The van der Waals surface area contributed by atoms with Gasteiger partial charge >= 0.3 is 0 Å². The summed E-state index contributed by atoms with van der Waals surface area (Å²) in [5.41, 5.74) is 5.38. The van der Waals surface area contributed by atoms with Gasteiger partial charge in [0.25, 0.3) is 0 Å². The molecule has 0 saturated heterocycles. The van der Waals surface area contributed by atoms with Gasteiger partial charge in [-0.25, -0.2) is 0 Å². The molecule has 274 valence electrons. The molecule has 2 amide bonds. The molecule has 6 N–H and O–H groups in total. The molecular formula is C38H78ClN5O2. The van der Waals surface area contributed by atoms with Crippen molar-refractivity contribution in [3.63, 3.8) is 0 Å². The van der Waals surface area contributed by atoms with Gasteiger partial charge in [0, 0.05) is 19.5 Å². The van der Waals surface area contributed by atoms with E-state index in [1.54, 1.807) is 0 Å². The minimum atomic E-state index is -0.528. The van der Waals surface area contributed by atoms with Crippen molar-refractivity contribution < 1.29 is 9.59 Å². The van der Waals surface area contributed by atoms with Gasteiger partial charge < -0.3 is 21.7 Å². The SMILES string of the molecule is CCCCCCCCCCCCCCCCCCCC(=O)N[C@@H](CCCNC(=N)N)C(=O)NCCCCCCCCCCCC.Cl. The average Bonchev–Trinajstić information content (AvgIpc) is 3.02. The second-order valence-corrected chi connectivity index (χ2v) is 13.5. The quantitative estimate of drug-likeness (QED) is 0.0261. The van der Waals surface area contributed by atoms with Crippen molar-refractivity contribution in [1.82, 2.24) is 16.0 Å². The van der Waals surface area contributed by atoms with E-state index >= 15 is 0 Å². The number of rotatable bonds is 35. The van der Waals surface area contributed by atoms with E-state index in [0.717, 1.165) is 25.7 Å². The Labute approximate surface area is 291 Å². The minimum absolute atomic E-state index is 0. The summed E-state index contributed by atoms with van der Waals surface area (Å²) >= 11 is 0. The second-order valence-electron chi connectivity index (χ2n) is 13.5. The number of halogens is 1. The predicted octanol–water partition coefficient (Wildman–Crippen LogP) is 10.2. The van der Waals surface area contributed by atoms with Gasteiger partial charge in [-0.3, -0.25) is 15.0 Å². The summed E-state index contributed by atoms with van der Waals surface area (Å²) in [6, 6.07) is -0.528. The van der Waals surface area contributed by atoms with Crippen molar-refractivity contribution in [2.24, 2.45) is 5.73 Å². The van der Waals surface area contributed by atoms with E-state index < -0.39 is 6.04 Å². The number of amides is 2. The van der Waals surface area contributed by atoms with Crippen LogP contribution in [0, 0.1) is 5.41 Å². The van der Waals surface area contributed by atoms with Crippen LogP contribution in [0.1, 0.15) is 206 Å². The molecule has 0 spiro atoms. The fraction of sp³-hybridized carbons (Fsp3) is 0.921. The van der Waals surface area contributed by atoms with Crippen LogP contribution < -0.4 is 21.7 Å². The van der Waals surface area contributed by atoms with Crippen LogP contribution in [-0.2, 0) is 9.59 Å². The highest BCUT2D eigenvalue weighted by Gasteiger charge is 2.20. The normalized spacial score (nSPS) is 11.5. The van der Waals surface area contributed by atoms with Crippen molar-refractivity contribution in [2.45, 2.75) is 213 Å². The summed E-state index contributed by atoms with van der Waals surface area (Å²) in [4.78, 5) is 25.5. The molecule has 0 aliphatic heterocycles. The van der Waals surface area contributed by atoms with Crippen LogP contribution in [0.5, 0.6) is 0 Å². The third kappa shape index (κ3) is 35.4. The van der Waals surface area contributed by atoms with Gasteiger partial charge in [0.2, 0.25) is 11.8 Å². The van der Waals surface area contributed by atoms with E-state index in [1.807, 2.05) is 0 Å². The van der Waals surface area contributed by atoms with Gasteiger partial charge in [0.15, 0.2) is 5.96 Å². The largest absolute Gasteiger partial charge is 0.370 e. The van der Waals surface area contributed by atoms with Crippen molar-refractivity contribution in [2.75, 3.05) is 13.1 Å². The summed E-state index contributed by atoms with van der Waals surface area (Å²) in [5, 5.41) is 16.1. The van der Waals surface area contributed by atoms with Gasteiger partial charge in [-0.2, -0.15) is 0 Å². The van der Waals surface area contributed by atoms with E-state index in [9.17, 15) is 9.59 Å². The molecule has 0 unspecified atom stereocenters. The van der Waals surface area contributed by atoms with Gasteiger partial charge in [-0.15, -0.1) is 12.4 Å². The highest BCUT2D eigenvalue weighted by Crippen LogP contribution is 2.15. The van der Waals surface area contributed by atoms with Crippen molar-refractivity contribution in [3.05, 3.63) is 0 Å². The van der Waals surface area contributed by atoms with E-state index in [-0.39, 0.29) is 30.2 Å². The Morgan fingerprint density at radius 2 is 0.870 bits per heavy atom. The van der Waals surface area contributed by atoms with Crippen LogP contribution in [0.25, 0.3) is 0 Å². The Kier molecular flexibility index (Phi) is 38.5. The minimum Gasteiger partial charge on any atom is -0.370 e. The Morgan fingerprint density at radius 1 is 0.522 bits per heavy atom. The van der Waals surface area contributed by atoms with Crippen LogP contribution in [0.15, 0.2) is 0 Å². The van der Waals surface area contributed by atoms with Gasteiger partial charge in [-0.05, 0) is 25.7 Å². The van der Waals surface area contributed by atoms with Gasteiger partial charge in [0.1, 0.15) is 6.04 Å². The molecule has 0 aromatic carbocycles. The number of hydrogen-bond donors (Lipinski definition) is 5. The number of carbonyl (C=O) groups excluding carboxylic acids is 2. The number of carbonyl (C=O) groups is 2. The third-order valence-electron chi connectivity index (χ3n) is 8.97. The Morgan fingerprint density at radius 3 is 1.26 bits per heavy atom. The average molecular weight is 673 g/mol. The summed E-state index contributed by atoms with van der Waals surface area (Å²) in [6.07, 6.45) is 36.8. The lowest BCUT2D eigenvalue weighted by Crippen LogP contribution is -2.47. The zero-order valence-electron chi connectivity index (χ0n) is 30.5. The molecule has 7 nitrogen and oxygen atoms in total. The van der Waals surface area contributed by atoms with E-state index in [2.05, 4.69) is 29.8 Å². The molecule has 0 saturated carbocycles. The molecule has 0 bridgehead atoms. The molecule has 0 aromatic heterocycles. The zero-order valence-corrected chi connectivity index (χ0v) is 31.3. The molecule has 0 fully saturated rings. The molecule has 0 radical (unpaired) electrons. The molecule has 0 rings (SSSR count). The first-order chi connectivity index (χ1) is 22.0. The fourth-order valence-electron chi connectivity index (χ4n) is 6.02. The first-order valence-corrected chi connectivity index (χ1v) is 19.7. The lowest BCUT2D eigenvalue weighted by Gasteiger charge is -2.19. The van der Waals surface area contributed by atoms with E-state index in [4.69, 9.17) is 11.1 Å². The zero-order chi connectivity index (χ0) is 33.1. The van der Waals surface area contributed by atoms with E-state index in [1.165, 1.54) is 148 Å². The van der Waals surface area contributed by atoms with Crippen molar-refractivity contribution >= 4 is 30.2 Å². The van der Waals surface area contributed by atoms with Gasteiger partial charge in [0.05, 0.1) is 0 Å². The smallest absolute Gasteiger partial charge is 0.242 e. The maximum absolute atomic E-state index is 12.9. The highest BCUT2D eigenvalue weighted by molar-refractivity contribution is 5.87. The first-order valence-electron chi connectivity index (χ1n) is 19.7. The van der Waals surface area contributed by atoms with E-state index in [0.29, 0.717) is 32.4 Å². The number of guanidine groups is 1. The number of nitrogens with one attached hydrogen (secondary N) is 4. The maximum Gasteiger partial charge on any atom is 0.242 e. The third-order valence-corrected chi connectivity index (χ3v) is 8.97. The molecule has 8 heteroatoms. The predicted molar refractivity (Wildman–Crippen MR) is 202 cm³/mol. The molecule has 1 atom stereocenters. The van der Waals surface area contributed by atoms with Crippen LogP contribution in [-0.4, -0.2) is 36.9 Å². The molecule has 0 aliphatic carbocycles. The molecular weight excluding hydrogens is 594 g/mol. The topological polar surface area (TPSA) is 120 Å². The number of unbranched alkanes of at least 4 members (excludes halogenated alkanes) is 25. The lowest BCUT2D eigenvalue weighted by molar-refractivity contribution is -0.129. The number of nitrogens with two attached hydrogens (primary N) is 1. The first kappa shape index (κ1) is 46.6. The maximum atomic E-state index is 12.9. The van der Waals surface area contributed by atoms with Gasteiger partial charge in [-0.1, -0.05) is 174 Å². The monoisotopic (exact) mass is 672 g/mol. The summed E-state index contributed by atoms with van der Waals surface area (Å²) < 4.78 is 0. The van der Waals surface area contributed by atoms with Crippen LogP contribution in [0.4, 0.5) is 0 Å². The summed E-state index contributed by atoms with van der Waals surface area (Å²) in [7, 11) is 0. The standard InChI is InChI=1S/C38H77N5O2.ClH/c1-3-5-7-9-11-13-15-16-17-18-19-20-21-22-24-26-28-32-36(44)43-35(31-30-34-42-38(39)40)37(45)41-33-29-27-25-23-14-12-10-8-6-4-2;/h35H,3-34H2,1-2H3,(H,41,45)(H,43,44)(H4,39,40,42);1H/t35-;/m0./s1. The molecule has 0 aliphatic rings. The van der Waals surface area contributed by atoms with Crippen molar-refractivity contribution in [1.29, 1.82) is 5.41 Å². The summed E-state index contributed by atoms with van der Waals surface area (Å²) in [5.74, 6) is -0.195. The second kappa shape index (κ2) is 38.0. The molecule has 0 heterocycles. The fourth-order valence-corrected chi connectivity index (χ4v) is 6.02. The van der Waals surface area contributed by atoms with Crippen molar-refractivity contribution in [3.8, 4) is 0 Å². The van der Waals surface area contributed by atoms with Crippen LogP contribution >= 0.6 is 12.4 Å². The molecule has 0 aromatic rings. The highest BCUT2D eigenvalue weighted by atomic mass is 35.5. The summed E-state index contributed by atoms with van der Waals surface area (Å²) in [6.45, 7) is 5.71. The Hall–Kier alpha value is -1.50. The van der Waals surface area contributed by atoms with Crippen LogP contribution in [0.2, 0.25) is 0 Å². The molecule has 46 heavy (non-hydrogen) atoms. The van der Waals surface area contributed by atoms with Crippen LogP contribution in [0.3, 0.4) is 0 Å². The number of hydrogen-bond acceptors (Lipinski definition) is 3. The Bertz CT molecular complexity index is 679.